The molecule has 0 aliphatic rings. The van der Waals surface area contributed by atoms with E-state index in [2.05, 4.69) is 5.32 Å². The second-order valence-corrected chi connectivity index (χ2v) is 5.63. The van der Waals surface area contributed by atoms with Gasteiger partial charge in [0.15, 0.2) is 0 Å². The van der Waals surface area contributed by atoms with Gasteiger partial charge in [0.25, 0.3) is 5.91 Å². The topological polar surface area (TPSA) is 81.4 Å². The molecular weight excluding hydrogens is 354 g/mol. The lowest BCUT2D eigenvalue weighted by molar-refractivity contribution is -0.119. The van der Waals surface area contributed by atoms with Gasteiger partial charge in [-0.05, 0) is 29.8 Å². The number of methoxy groups -OCH3 is 1. The van der Waals surface area contributed by atoms with E-state index >= 15 is 0 Å². The summed E-state index contributed by atoms with van der Waals surface area (Å²) in [5, 5.41) is 2.67. The molecule has 2 amide bonds. The van der Waals surface area contributed by atoms with Crippen LogP contribution in [0.1, 0.15) is 15.9 Å². The van der Waals surface area contributed by atoms with Crippen molar-refractivity contribution in [3.63, 3.8) is 0 Å². The van der Waals surface area contributed by atoms with E-state index in [4.69, 9.17) is 22.1 Å². The first-order valence-corrected chi connectivity index (χ1v) is 7.57. The number of carbonyl (C=O) groups is 2. The number of amides is 2. The highest BCUT2D eigenvalue weighted by Crippen LogP contribution is 2.25. The highest BCUT2D eigenvalue weighted by molar-refractivity contribution is 6.32. The van der Waals surface area contributed by atoms with E-state index in [1.54, 1.807) is 18.2 Å². The predicted octanol–water partition coefficient (Wildman–Crippen LogP) is 2.45. The monoisotopic (exact) mass is 368 g/mol. The predicted molar refractivity (Wildman–Crippen MR) is 88.5 cm³/mol. The van der Waals surface area contributed by atoms with Crippen LogP contribution in [-0.4, -0.2) is 25.0 Å². The van der Waals surface area contributed by atoms with Crippen LogP contribution in [-0.2, 0) is 11.2 Å². The van der Waals surface area contributed by atoms with E-state index < -0.39 is 29.5 Å². The molecule has 0 spiro atoms. The molecule has 1 atom stereocenters. The minimum absolute atomic E-state index is 0.0492. The smallest absolute Gasteiger partial charge is 0.254 e. The summed E-state index contributed by atoms with van der Waals surface area (Å²) in [6.07, 6.45) is 0.0492. The molecule has 2 aromatic rings. The Kier molecular flexibility index (Phi) is 5.93. The van der Waals surface area contributed by atoms with Crippen LogP contribution in [0.4, 0.5) is 8.78 Å². The summed E-state index contributed by atoms with van der Waals surface area (Å²) in [7, 11) is 1.46. The Bertz CT molecular complexity index is 814. The second kappa shape index (κ2) is 7.94. The van der Waals surface area contributed by atoms with E-state index in [-0.39, 0.29) is 12.0 Å². The molecule has 0 fully saturated rings. The standard InChI is InChI=1S/C17H15ClF2N2O3/c1-25-15-5-2-9(6-12(15)18)7-14(16(21)23)22-17(24)11-4-3-10(19)8-13(11)20/h2-6,8,14H,7H2,1H3,(H2,21,23)(H,22,24)/t14-/m0/s1. The zero-order valence-corrected chi connectivity index (χ0v) is 13.9. The molecule has 0 aromatic heterocycles. The van der Waals surface area contributed by atoms with Gasteiger partial charge in [0.2, 0.25) is 5.91 Å². The summed E-state index contributed by atoms with van der Waals surface area (Å²) < 4.78 is 31.6. The fraction of sp³-hybridized carbons (Fsp3) is 0.176. The van der Waals surface area contributed by atoms with Crippen molar-refractivity contribution in [1.82, 2.24) is 5.32 Å². The third-order valence-corrected chi connectivity index (χ3v) is 3.78. The third-order valence-electron chi connectivity index (χ3n) is 3.48. The molecule has 5 nitrogen and oxygen atoms in total. The van der Waals surface area contributed by atoms with E-state index in [1.807, 2.05) is 0 Å². The molecule has 132 valence electrons. The molecule has 8 heteroatoms. The molecule has 0 aliphatic carbocycles. The number of hydrogen-bond donors (Lipinski definition) is 2. The van der Waals surface area contributed by atoms with Gasteiger partial charge in [0, 0.05) is 12.5 Å². The van der Waals surface area contributed by atoms with E-state index in [0.717, 1.165) is 12.1 Å². The maximum absolute atomic E-state index is 13.7. The van der Waals surface area contributed by atoms with Crippen LogP contribution < -0.4 is 15.8 Å². The Morgan fingerprint density at radius 2 is 1.96 bits per heavy atom. The van der Waals surface area contributed by atoms with Gasteiger partial charge in [-0.2, -0.15) is 0 Å². The molecule has 0 saturated carbocycles. The number of ether oxygens (including phenoxy) is 1. The largest absolute Gasteiger partial charge is 0.495 e. The zero-order valence-electron chi connectivity index (χ0n) is 13.2. The summed E-state index contributed by atoms with van der Waals surface area (Å²) in [5.74, 6) is -3.07. The summed E-state index contributed by atoms with van der Waals surface area (Å²) in [6, 6.07) is 6.25. The normalized spacial score (nSPS) is 11.7. The average Bonchev–Trinajstić information content (AvgIpc) is 2.54. The third kappa shape index (κ3) is 4.67. The van der Waals surface area contributed by atoms with Gasteiger partial charge < -0.3 is 15.8 Å². The lowest BCUT2D eigenvalue weighted by atomic mass is 10.0. The number of rotatable bonds is 6. The molecule has 0 aliphatic heterocycles. The number of hydrogen-bond acceptors (Lipinski definition) is 3. The van der Waals surface area contributed by atoms with Crippen molar-refractivity contribution in [3.8, 4) is 5.75 Å². The SMILES string of the molecule is COc1ccc(C[C@H](NC(=O)c2ccc(F)cc2F)C(N)=O)cc1Cl. The van der Waals surface area contributed by atoms with E-state index in [0.29, 0.717) is 22.4 Å². The number of halogens is 3. The lowest BCUT2D eigenvalue weighted by Gasteiger charge is -2.16. The quantitative estimate of drug-likeness (QED) is 0.821. The molecule has 3 N–H and O–H groups in total. The van der Waals surface area contributed by atoms with Crippen molar-refractivity contribution < 1.29 is 23.1 Å². The number of carbonyl (C=O) groups excluding carboxylic acids is 2. The van der Waals surface area contributed by atoms with Crippen molar-refractivity contribution >= 4 is 23.4 Å². The second-order valence-electron chi connectivity index (χ2n) is 5.23. The Morgan fingerprint density at radius 3 is 2.52 bits per heavy atom. The molecule has 0 saturated heterocycles. The summed E-state index contributed by atoms with van der Waals surface area (Å²) >= 11 is 6.02. The summed E-state index contributed by atoms with van der Waals surface area (Å²) in [5.41, 5.74) is 5.53. The number of primary amides is 1. The van der Waals surface area contributed by atoms with Crippen LogP contribution in [0.2, 0.25) is 5.02 Å². The summed E-state index contributed by atoms with van der Waals surface area (Å²) in [4.78, 5) is 23.7. The molecular formula is C17H15ClF2N2O3. The maximum atomic E-state index is 13.7. The number of nitrogens with two attached hydrogens (primary N) is 1. The molecule has 25 heavy (non-hydrogen) atoms. The number of benzene rings is 2. The first-order chi connectivity index (χ1) is 11.8. The van der Waals surface area contributed by atoms with Gasteiger partial charge in [-0.25, -0.2) is 8.78 Å². The van der Waals surface area contributed by atoms with Gasteiger partial charge in [-0.1, -0.05) is 17.7 Å². The molecule has 0 unspecified atom stereocenters. The van der Waals surface area contributed by atoms with Crippen LogP contribution in [0.3, 0.4) is 0 Å². The van der Waals surface area contributed by atoms with Gasteiger partial charge in [-0.15, -0.1) is 0 Å². The van der Waals surface area contributed by atoms with Crippen molar-refractivity contribution in [2.45, 2.75) is 12.5 Å². The minimum atomic E-state index is -1.10. The Morgan fingerprint density at radius 1 is 1.24 bits per heavy atom. The lowest BCUT2D eigenvalue weighted by Crippen LogP contribution is -2.46. The first-order valence-electron chi connectivity index (χ1n) is 7.19. The fourth-order valence-corrected chi connectivity index (χ4v) is 2.49. The van der Waals surface area contributed by atoms with Crippen molar-refractivity contribution in [2.75, 3.05) is 7.11 Å². The first kappa shape index (κ1) is 18.7. The Hall–Kier alpha value is -2.67. The van der Waals surface area contributed by atoms with Crippen LogP contribution in [0.5, 0.6) is 5.75 Å². The van der Waals surface area contributed by atoms with Gasteiger partial charge in [-0.3, -0.25) is 9.59 Å². The molecule has 0 radical (unpaired) electrons. The van der Waals surface area contributed by atoms with Gasteiger partial charge >= 0.3 is 0 Å². The maximum Gasteiger partial charge on any atom is 0.254 e. The van der Waals surface area contributed by atoms with Gasteiger partial charge in [0.1, 0.15) is 23.4 Å². The molecule has 0 bridgehead atoms. The summed E-state index contributed by atoms with van der Waals surface area (Å²) in [6.45, 7) is 0. The van der Waals surface area contributed by atoms with Crippen molar-refractivity contribution in [2.24, 2.45) is 5.73 Å². The van der Waals surface area contributed by atoms with E-state index in [1.165, 1.54) is 7.11 Å². The van der Waals surface area contributed by atoms with Crippen LogP contribution in [0.15, 0.2) is 36.4 Å². The van der Waals surface area contributed by atoms with Crippen LogP contribution in [0.25, 0.3) is 0 Å². The zero-order chi connectivity index (χ0) is 18.6. The van der Waals surface area contributed by atoms with Gasteiger partial charge in [0.05, 0.1) is 17.7 Å². The highest BCUT2D eigenvalue weighted by Gasteiger charge is 2.22. The number of nitrogens with one attached hydrogen (secondary N) is 1. The molecule has 2 aromatic carbocycles. The Balaban J connectivity index is 2.17. The van der Waals surface area contributed by atoms with Crippen molar-refractivity contribution in [1.29, 1.82) is 0 Å². The van der Waals surface area contributed by atoms with Crippen LogP contribution in [0, 0.1) is 11.6 Å². The van der Waals surface area contributed by atoms with E-state index in [9.17, 15) is 18.4 Å². The average molecular weight is 369 g/mol. The van der Waals surface area contributed by atoms with Crippen molar-refractivity contribution in [3.05, 3.63) is 64.2 Å². The molecule has 0 heterocycles. The Labute approximate surface area is 147 Å². The van der Waals surface area contributed by atoms with Crippen LogP contribution >= 0.6 is 11.6 Å². The molecule has 2 rings (SSSR count). The fourth-order valence-electron chi connectivity index (χ4n) is 2.20. The highest BCUT2D eigenvalue weighted by atomic mass is 35.5. The minimum Gasteiger partial charge on any atom is -0.495 e.